The molecule has 1 saturated heterocycles. The van der Waals surface area contributed by atoms with E-state index < -0.39 is 11.7 Å². The molecule has 7 heteroatoms. The number of hydrogen-bond donors (Lipinski definition) is 2. The van der Waals surface area contributed by atoms with Crippen LogP contribution in [-0.2, 0) is 19.3 Å². The zero-order chi connectivity index (χ0) is 21.1. The van der Waals surface area contributed by atoms with Gasteiger partial charge in [-0.1, -0.05) is 30.3 Å². The Hall–Kier alpha value is -2.64. The van der Waals surface area contributed by atoms with Crippen molar-refractivity contribution < 1.29 is 18.3 Å². The van der Waals surface area contributed by atoms with Gasteiger partial charge in [0, 0.05) is 43.4 Å². The molecule has 2 aromatic carbocycles. The SMILES string of the molecule is OC1CCN(Cc2ccccc2CNc2ccnc3cc(C(F)(F)F)ccc23)CC1. The number of aliphatic hydroxyl groups is 1. The van der Waals surface area contributed by atoms with Crippen LogP contribution in [0.3, 0.4) is 0 Å². The number of alkyl halides is 3. The van der Waals surface area contributed by atoms with Gasteiger partial charge in [0.05, 0.1) is 17.2 Å². The van der Waals surface area contributed by atoms with Crippen molar-refractivity contribution in [2.45, 2.75) is 38.2 Å². The molecule has 2 N–H and O–H groups in total. The first-order valence-electron chi connectivity index (χ1n) is 10.1. The van der Waals surface area contributed by atoms with Gasteiger partial charge in [0.25, 0.3) is 0 Å². The number of fused-ring (bicyclic) bond motifs is 1. The van der Waals surface area contributed by atoms with Gasteiger partial charge < -0.3 is 10.4 Å². The van der Waals surface area contributed by atoms with E-state index in [9.17, 15) is 18.3 Å². The highest BCUT2D eigenvalue weighted by molar-refractivity contribution is 5.91. The highest BCUT2D eigenvalue weighted by atomic mass is 19.4. The summed E-state index contributed by atoms with van der Waals surface area (Å²) in [6, 6.07) is 13.6. The minimum atomic E-state index is -4.39. The Balaban J connectivity index is 1.50. The van der Waals surface area contributed by atoms with Crippen molar-refractivity contribution in [2.75, 3.05) is 18.4 Å². The van der Waals surface area contributed by atoms with Crippen LogP contribution in [0.5, 0.6) is 0 Å². The molecule has 0 bridgehead atoms. The van der Waals surface area contributed by atoms with Gasteiger partial charge in [0.1, 0.15) is 0 Å². The molecular weight excluding hydrogens is 391 g/mol. The molecule has 0 spiro atoms. The van der Waals surface area contributed by atoms with Crippen molar-refractivity contribution in [1.82, 2.24) is 9.88 Å². The Kier molecular flexibility index (Phi) is 5.92. The highest BCUT2D eigenvalue weighted by Gasteiger charge is 2.30. The lowest BCUT2D eigenvalue weighted by atomic mass is 10.0. The van der Waals surface area contributed by atoms with Crippen molar-refractivity contribution in [3.63, 3.8) is 0 Å². The minimum absolute atomic E-state index is 0.198. The van der Waals surface area contributed by atoms with E-state index in [4.69, 9.17) is 0 Å². The van der Waals surface area contributed by atoms with Gasteiger partial charge in [0.2, 0.25) is 0 Å². The number of hydrogen-bond acceptors (Lipinski definition) is 4. The van der Waals surface area contributed by atoms with E-state index in [-0.39, 0.29) is 6.10 Å². The molecule has 0 saturated carbocycles. The molecule has 1 aromatic heterocycles. The van der Waals surface area contributed by atoms with Gasteiger partial charge in [0.15, 0.2) is 0 Å². The first kappa shape index (κ1) is 20.6. The summed E-state index contributed by atoms with van der Waals surface area (Å²) >= 11 is 0. The quantitative estimate of drug-likeness (QED) is 0.627. The van der Waals surface area contributed by atoms with E-state index in [2.05, 4.69) is 27.3 Å². The maximum absolute atomic E-state index is 13.0. The normalized spacial score (nSPS) is 16.1. The molecule has 0 amide bonds. The van der Waals surface area contributed by atoms with Crippen LogP contribution in [0.4, 0.5) is 18.9 Å². The molecule has 4 nitrogen and oxygen atoms in total. The zero-order valence-electron chi connectivity index (χ0n) is 16.5. The summed E-state index contributed by atoms with van der Waals surface area (Å²) in [5, 5.41) is 13.7. The predicted molar refractivity (Wildman–Crippen MR) is 111 cm³/mol. The lowest BCUT2D eigenvalue weighted by Gasteiger charge is -2.30. The summed E-state index contributed by atoms with van der Waals surface area (Å²) in [5.41, 5.74) is 2.72. The molecule has 0 radical (unpaired) electrons. The van der Waals surface area contributed by atoms with E-state index in [1.165, 1.54) is 17.8 Å². The number of pyridine rings is 1. The van der Waals surface area contributed by atoms with Crippen LogP contribution in [0.2, 0.25) is 0 Å². The second-order valence-electron chi connectivity index (χ2n) is 7.72. The van der Waals surface area contributed by atoms with Gasteiger partial charge >= 0.3 is 6.18 Å². The van der Waals surface area contributed by atoms with Crippen LogP contribution in [0.25, 0.3) is 10.9 Å². The number of benzene rings is 2. The molecule has 1 fully saturated rings. The zero-order valence-corrected chi connectivity index (χ0v) is 16.5. The first-order valence-corrected chi connectivity index (χ1v) is 10.1. The fraction of sp³-hybridized carbons (Fsp3) is 0.348. The smallest absolute Gasteiger partial charge is 0.393 e. The summed E-state index contributed by atoms with van der Waals surface area (Å²) in [7, 11) is 0. The molecule has 0 atom stereocenters. The number of aliphatic hydroxyl groups excluding tert-OH is 1. The van der Waals surface area contributed by atoms with Crippen LogP contribution >= 0.6 is 0 Å². The molecular formula is C23H24F3N3O. The van der Waals surface area contributed by atoms with Crippen LogP contribution in [0, 0.1) is 0 Å². The molecule has 2 heterocycles. The second kappa shape index (κ2) is 8.62. The molecule has 1 aliphatic heterocycles. The molecule has 158 valence electrons. The molecule has 1 aliphatic rings. The lowest BCUT2D eigenvalue weighted by Crippen LogP contribution is -2.35. The maximum atomic E-state index is 13.0. The summed E-state index contributed by atoms with van der Waals surface area (Å²) in [6.07, 6.45) is -1.47. The Morgan fingerprint density at radius 1 is 1.03 bits per heavy atom. The molecule has 30 heavy (non-hydrogen) atoms. The minimum Gasteiger partial charge on any atom is -0.393 e. The number of halogens is 3. The number of likely N-dealkylation sites (tertiary alicyclic amines) is 1. The fourth-order valence-electron chi connectivity index (χ4n) is 3.87. The van der Waals surface area contributed by atoms with Crippen LogP contribution in [-0.4, -0.2) is 34.2 Å². The fourth-order valence-corrected chi connectivity index (χ4v) is 3.87. The monoisotopic (exact) mass is 415 g/mol. The average Bonchev–Trinajstić information content (AvgIpc) is 2.73. The van der Waals surface area contributed by atoms with Crippen molar-refractivity contribution in [3.05, 3.63) is 71.4 Å². The van der Waals surface area contributed by atoms with Crippen molar-refractivity contribution in [3.8, 4) is 0 Å². The summed E-state index contributed by atoms with van der Waals surface area (Å²) < 4.78 is 38.9. The van der Waals surface area contributed by atoms with Gasteiger partial charge in [-0.05, 0) is 42.2 Å². The predicted octanol–water partition coefficient (Wildman–Crippen LogP) is 4.82. The van der Waals surface area contributed by atoms with E-state index in [1.807, 2.05) is 12.1 Å². The largest absolute Gasteiger partial charge is 0.416 e. The standard InChI is InChI=1S/C23H24F3N3O/c24-23(25,26)18-5-6-20-21(7-10-27-22(20)13-18)28-14-16-3-1-2-4-17(16)15-29-11-8-19(30)9-12-29/h1-7,10,13,19,30H,8-9,11-12,14-15H2,(H,27,28). The van der Waals surface area contributed by atoms with E-state index in [0.29, 0.717) is 17.4 Å². The Morgan fingerprint density at radius 2 is 1.77 bits per heavy atom. The molecule has 3 aromatic rings. The van der Waals surface area contributed by atoms with Crippen LogP contribution in [0.15, 0.2) is 54.7 Å². The summed E-state index contributed by atoms with van der Waals surface area (Å²) in [6.45, 7) is 3.13. The van der Waals surface area contributed by atoms with E-state index in [0.717, 1.165) is 55.9 Å². The third kappa shape index (κ3) is 4.74. The number of anilines is 1. The topological polar surface area (TPSA) is 48.4 Å². The second-order valence-corrected chi connectivity index (χ2v) is 7.72. The van der Waals surface area contributed by atoms with Crippen LogP contribution < -0.4 is 5.32 Å². The molecule has 0 unspecified atom stereocenters. The van der Waals surface area contributed by atoms with Crippen molar-refractivity contribution in [1.29, 1.82) is 0 Å². The number of piperidine rings is 1. The Bertz CT molecular complexity index is 1010. The molecule has 0 aliphatic carbocycles. The maximum Gasteiger partial charge on any atom is 0.416 e. The lowest BCUT2D eigenvalue weighted by molar-refractivity contribution is -0.137. The Labute approximate surface area is 173 Å². The summed E-state index contributed by atoms with van der Waals surface area (Å²) in [5.74, 6) is 0. The third-order valence-corrected chi connectivity index (χ3v) is 5.61. The van der Waals surface area contributed by atoms with Gasteiger partial charge in [-0.15, -0.1) is 0 Å². The summed E-state index contributed by atoms with van der Waals surface area (Å²) in [4.78, 5) is 6.44. The van der Waals surface area contributed by atoms with Crippen molar-refractivity contribution >= 4 is 16.6 Å². The van der Waals surface area contributed by atoms with Gasteiger partial charge in [-0.3, -0.25) is 9.88 Å². The molecule has 4 rings (SSSR count). The van der Waals surface area contributed by atoms with Gasteiger partial charge in [-0.2, -0.15) is 13.2 Å². The van der Waals surface area contributed by atoms with E-state index >= 15 is 0 Å². The first-order chi connectivity index (χ1) is 14.4. The number of nitrogens with one attached hydrogen (secondary N) is 1. The highest BCUT2D eigenvalue weighted by Crippen LogP contribution is 2.32. The van der Waals surface area contributed by atoms with Crippen LogP contribution in [0.1, 0.15) is 29.5 Å². The van der Waals surface area contributed by atoms with Crippen molar-refractivity contribution in [2.24, 2.45) is 0 Å². The third-order valence-electron chi connectivity index (χ3n) is 5.61. The van der Waals surface area contributed by atoms with Gasteiger partial charge in [-0.25, -0.2) is 0 Å². The number of nitrogens with zero attached hydrogens (tertiary/aromatic N) is 2. The number of rotatable bonds is 5. The average molecular weight is 415 g/mol. The Morgan fingerprint density at radius 3 is 2.50 bits per heavy atom. The number of aromatic nitrogens is 1. The van der Waals surface area contributed by atoms with E-state index in [1.54, 1.807) is 6.07 Å².